The second kappa shape index (κ2) is 8.85. The quantitative estimate of drug-likeness (QED) is 0.872. The van der Waals surface area contributed by atoms with Gasteiger partial charge in [0, 0.05) is 18.8 Å². The van der Waals surface area contributed by atoms with Gasteiger partial charge in [-0.3, -0.25) is 4.79 Å². The molecule has 0 spiro atoms. The number of halogens is 1. The second-order valence-electron chi connectivity index (χ2n) is 6.19. The highest BCUT2D eigenvalue weighted by Crippen LogP contribution is 2.26. The van der Waals surface area contributed by atoms with Crippen LogP contribution < -0.4 is 11.1 Å². The Morgan fingerprint density at radius 2 is 1.92 bits per heavy atom. The van der Waals surface area contributed by atoms with Crippen molar-refractivity contribution in [2.75, 3.05) is 6.54 Å². The zero-order chi connectivity index (χ0) is 16.1. The maximum atomic E-state index is 12.5. The summed E-state index contributed by atoms with van der Waals surface area (Å²) in [6, 6.07) is 11.6. The summed E-state index contributed by atoms with van der Waals surface area (Å²) < 4.78 is 1.72. The molecule has 0 aliphatic heterocycles. The molecular formula is C18H25ClN4O. The van der Waals surface area contributed by atoms with E-state index in [-0.39, 0.29) is 24.4 Å². The van der Waals surface area contributed by atoms with Crippen LogP contribution in [-0.4, -0.2) is 28.3 Å². The van der Waals surface area contributed by atoms with Crippen LogP contribution in [0.4, 0.5) is 0 Å². The number of nitrogens with one attached hydrogen (secondary N) is 1. The smallest absolute Gasteiger partial charge is 0.272 e. The van der Waals surface area contributed by atoms with Crippen molar-refractivity contribution in [3.05, 3.63) is 48.3 Å². The van der Waals surface area contributed by atoms with Crippen LogP contribution in [0.1, 0.15) is 42.6 Å². The topological polar surface area (TPSA) is 72.9 Å². The highest BCUT2D eigenvalue weighted by Gasteiger charge is 2.25. The van der Waals surface area contributed by atoms with E-state index in [0.29, 0.717) is 18.2 Å². The molecule has 1 aromatic heterocycles. The molecule has 0 saturated heterocycles. The number of benzene rings is 1. The molecule has 5 nitrogen and oxygen atoms in total. The molecular weight excluding hydrogens is 324 g/mol. The molecule has 24 heavy (non-hydrogen) atoms. The van der Waals surface area contributed by atoms with E-state index < -0.39 is 0 Å². The van der Waals surface area contributed by atoms with E-state index in [1.165, 1.54) is 19.3 Å². The largest absolute Gasteiger partial charge is 0.346 e. The number of rotatable bonds is 5. The third-order valence-electron chi connectivity index (χ3n) is 4.63. The van der Waals surface area contributed by atoms with Crippen molar-refractivity contribution < 1.29 is 4.79 Å². The minimum absolute atomic E-state index is 0. The van der Waals surface area contributed by atoms with Crippen molar-refractivity contribution in [3.8, 4) is 5.69 Å². The minimum atomic E-state index is -0.138. The first-order valence-electron chi connectivity index (χ1n) is 8.40. The Labute approximate surface area is 149 Å². The molecule has 1 saturated carbocycles. The van der Waals surface area contributed by atoms with E-state index in [1.54, 1.807) is 10.7 Å². The third-order valence-corrected chi connectivity index (χ3v) is 4.63. The molecule has 2 aromatic rings. The Kier molecular flexibility index (Phi) is 6.82. The number of para-hydroxylation sites is 1. The first-order chi connectivity index (χ1) is 11.3. The molecule has 0 radical (unpaired) electrons. The highest BCUT2D eigenvalue weighted by atomic mass is 35.5. The van der Waals surface area contributed by atoms with Crippen LogP contribution in [0.2, 0.25) is 0 Å². The lowest BCUT2D eigenvalue weighted by molar-refractivity contribution is 0.0910. The van der Waals surface area contributed by atoms with Gasteiger partial charge in [-0.15, -0.1) is 12.4 Å². The van der Waals surface area contributed by atoms with E-state index in [0.717, 1.165) is 18.5 Å². The fourth-order valence-corrected chi connectivity index (χ4v) is 3.32. The zero-order valence-electron chi connectivity index (χ0n) is 13.7. The summed E-state index contributed by atoms with van der Waals surface area (Å²) >= 11 is 0. The summed E-state index contributed by atoms with van der Waals surface area (Å²) in [6.45, 7) is 0.482. The second-order valence-corrected chi connectivity index (χ2v) is 6.19. The van der Waals surface area contributed by atoms with Crippen LogP contribution in [0.3, 0.4) is 0 Å². The molecule has 0 bridgehead atoms. The first kappa shape index (κ1) is 18.5. The van der Waals surface area contributed by atoms with Crippen LogP contribution in [0.15, 0.2) is 42.6 Å². The fourth-order valence-electron chi connectivity index (χ4n) is 3.32. The predicted octanol–water partition coefficient (Wildman–Crippen LogP) is 2.93. The van der Waals surface area contributed by atoms with Crippen LogP contribution in [0.25, 0.3) is 5.69 Å². The van der Waals surface area contributed by atoms with Gasteiger partial charge in [-0.2, -0.15) is 5.10 Å². The van der Waals surface area contributed by atoms with Gasteiger partial charge in [0.2, 0.25) is 0 Å². The number of aromatic nitrogens is 2. The maximum absolute atomic E-state index is 12.5. The summed E-state index contributed by atoms with van der Waals surface area (Å²) in [5.41, 5.74) is 7.26. The van der Waals surface area contributed by atoms with E-state index >= 15 is 0 Å². The first-order valence-corrected chi connectivity index (χ1v) is 8.40. The van der Waals surface area contributed by atoms with Crippen molar-refractivity contribution in [1.29, 1.82) is 0 Å². The summed E-state index contributed by atoms with van der Waals surface area (Å²) in [7, 11) is 0. The van der Waals surface area contributed by atoms with Crippen LogP contribution >= 0.6 is 12.4 Å². The predicted molar refractivity (Wildman–Crippen MR) is 97.7 cm³/mol. The van der Waals surface area contributed by atoms with Crippen molar-refractivity contribution in [2.24, 2.45) is 11.7 Å². The minimum Gasteiger partial charge on any atom is -0.346 e. The van der Waals surface area contributed by atoms with E-state index in [9.17, 15) is 4.79 Å². The molecule has 6 heteroatoms. The third kappa shape index (κ3) is 4.36. The number of hydrogen-bond donors (Lipinski definition) is 2. The lowest BCUT2D eigenvalue weighted by Gasteiger charge is -2.29. The number of nitrogens with two attached hydrogens (primary N) is 1. The lowest BCUT2D eigenvalue weighted by Crippen LogP contribution is -2.46. The Hall–Kier alpha value is -1.85. The summed E-state index contributed by atoms with van der Waals surface area (Å²) in [6.07, 6.45) is 7.88. The molecule has 3 rings (SSSR count). The SMILES string of the molecule is Cl.NCC(NC(=O)c1ccn(-c2ccccc2)n1)C1CCCCC1. The maximum Gasteiger partial charge on any atom is 0.272 e. The molecule has 1 aromatic carbocycles. The molecule has 3 N–H and O–H groups in total. The average molecular weight is 349 g/mol. The van der Waals surface area contributed by atoms with Gasteiger partial charge < -0.3 is 11.1 Å². The Morgan fingerprint density at radius 3 is 2.58 bits per heavy atom. The summed E-state index contributed by atoms with van der Waals surface area (Å²) in [5, 5.41) is 7.45. The Morgan fingerprint density at radius 1 is 1.21 bits per heavy atom. The van der Waals surface area contributed by atoms with E-state index in [4.69, 9.17) is 5.73 Å². The molecule has 1 aliphatic carbocycles. The van der Waals surface area contributed by atoms with Crippen LogP contribution in [0, 0.1) is 5.92 Å². The molecule has 130 valence electrons. The number of amides is 1. The van der Waals surface area contributed by atoms with Crippen molar-refractivity contribution in [1.82, 2.24) is 15.1 Å². The number of carbonyl (C=O) groups excluding carboxylic acids is 1. The fraction of sp³-hybridized carbons (Fsp3) is 0.444. The number of carbonyl (C=O) groups is 1. The van der Waals surface area contributed by atoms with Gasteiger partial charge >= 0.3 is 0 Å². The molecule has 1 amide bonds. The van der Waals surface area contributed by atoms with Gasteiger partial charge in [0.15, 0.2) is 5.69 Å². The van der Waals surface area contributed by atoms with Crippen LogP contribution in [0.5, 0.6) is 0 Å². The average Bonchev–Trinajstić information content (AvgIpc) is 3.11. The van der Waals surface area contributed by atoms with Crippen molar-refractivity contribution in [2.45, 2.75) is 38.1 Å². The molecule has 1 aliphatic rings. The summed E-state index contributed by atoms with van der Waals surface area (Å²) in [5.74, 6) is 0.356. The number of hydrogen-bond acceptors (Lipinski definition) is 3. The van der Waals surface area contributed by atoms with E-state index in [2.05, 4.69) is 10.4 Å². The normalized spacial score (nSPS) is 16.2. The van der Waals surface area contributed by atoms with Gasteiger partial charge in [-0.05, 0) is 37.0 Å². The monoisotopic (exact) mass is 348 g/mol. The Bertz CT molecular complexity index is 637. The van der Waals surface area contributed by atoms with Gasteiger partial charge in [-0.25, -0.2) is 4.68 Å². The zero-order valence-corrected chi connectivity index (χ0v) is 14.5. The summed E-state index contributed by atoms with van der Waals surface area (Å²) in [4.78, 5) is 12.5. The molecule has 1 heterocycles. The van der Waals surface area contributed by atoms with Gasteiger partial charge in [-0.1, -0.05) is 37.5 Å². The van der Waals surface area contributed by atoms with Gasteiger partial charge in [0.25, 0.3) is 5.91 Å². The van der Waals surface area contributed by atoms with Crippen molar-refractivity contribution in [3.63, 3.8) is 0 Å². The number of nitrogens with zero attached hydrogens (tertiary/aromatic N) is 2. The highest BCUT2D eigenvalue weighted by molar-refractivity contribution is 5.92. The standard InChI is InChI=1S/C18H24N4O.ClH/c19-13-17(14-7-3-1-4-8-14)20-18(23)16-11-12-22(21-16)15-9-5-2-6-10-15;/h2,5-6,9-12,14,17H,1,3-4,7-8,13,19H2,(H,20,23);1H. The van der Waals surface area contributed by atoms with E-state index in [1.807, 2.05) is 36.5 Å². The molecule has 1 atom stereocenters. The molecule has 1 unspecified atom stereocenters. The Balaban J connectivity index is 0.00000208. The van der Waals surface area contributed by atoms with Gasteiger partial charge in [0.1, 0.15) is 0 Å². The molecule has 1 fully saturated rings. The van der Waals surface area contributed by atoms with Crippen molar-refractivity contribution >= 4 is 18.3 Å². The lowest BCUT2D eigenvalue weighted by atomic mass is 9.84. The van der Waals surface area contributed by atoms with Crippen LogP contribution in [-0.2, 0) is 0 Å². The van der Waals surface area contributed by atoms with Gasteiger partial charge in [0.05, 0.1) is 5.69 Å².